The Bertz CT molecular complexity index is 1010. The number of amides is 1. The molecule has 3 heterocycles. The van der Waals surface area contributed by atoms with Crippen LogP contribution in [0.1, 0.15) is 33.9 Å². The molecule has 0 aliphatic carbocycles. The minimum atomic E-state index is 0.0468. The van der Waals surface area contributed by atoms with Gasteiger partial charge in [-0.25, -0.2) is 9.97 Å². The van der Waals surface area contributed by atoms with Gasteiger partial charge in [0.05, 0.1) is 24.1 Å². The average molecular weight is 392 g/mol. The third kappa shape index (κ3) is 3.99. The fourth-order valence-corrected chi connectivity index (χ4v) is 3.91. The highest BCUT2D eigenvalue weighted by Gasteiger charge is 2.27. The zero-order valence-corrected chi connectivity index (χ0v) is 16.9. The summed E-state index contributed by atoms with van der Waals surface area (Å²) >= 11 is 0. The van der Waals surface area contributed by atoms with Crippen molar-refractivity contribution in [1.29, 1.82) is 0 Å². The highest BCUT2D eigenvalue weighted by molar-refractivity contribution is 5.94. The molecule has 1 saturated heterocycles. The van der Waals surface area contributed by atoms with Crippen molar-refractivity contribution in [2.45, 2.75) is 26.7 Å². The highest BCUT2D eigenvalue weighted by atomic mass is 16.5. The Labute approximate surface area is 169 Å². The number of carbonyl (C=O) groups excluding carboxylic acids is 1. The lowest BCUT2D eigenvalue weighted by Gasteiger charge is -2.17. The third-order valence-corrected chi connectivity index (χ3v) is 5.40. The predicted molar refractivity (Wildman–Crippen MR) is 108 cm³/mol. The van der Waals surface area contributed by atoms with E-state index in [4.69, 9.17) is 9.26 Å². The first-order valence-electron chi connectivity index (χ1n) is 9.72. The van der Waals surface area contributed by atoms with E-state index in [1.54, 1.807) is 19.5 Å². The molecule has 0 spiro atoms. The minimum Gasteiger partial charge on any atom is -0.497 e. The van der Waals surface area contributed by atoms with Gasteiger partial charge in [0.25, 0.3) is 5.91 Å². The zero-order chi connectivity index (χ0) is 20.4. The number of likely N-dealkylation sites (tertiary alicyclic amines) is 1. The second-order valence-electron chi connectivity index (χ2n) is 7.44. The van der Waals surface area contributed by atoms with E-state index in [2.05, 4.69) is 15.1 Å². The normalized spacial score (nSPS) is 16.2. The lowest BCUT2D eigenvalue weighted by Crippen LogP contribution is -2.29. The molecule has 7 nitrogen and oxygen atoms in total. The Hall–Kier alpha value is -3.22. The summed E-state index contributed by atoms with van der Waals surface area (Å²) in [6.45, 7) is 5.27. The lowest BCUT2D eigenvalue weighted by atomic mass is 10.0. The van der Waals surface area contributed by atoms with Gasteiger partial charge in [-0.2, -0.15) is 0 Å². The number of carbonyl (C=O) groups is 1. The SMILES string of the molecule is COc1cccc(C(=O)N2CCC(Cc3cc(-c4c(C)noc4C)ncn3)C2)c1. The molecule has 1 fully saturated rings. The summed E-state index contributed by atoms with van der Waals surface area (Å²) in [7, 11) is 1.61. The van der Waals surface area contributed by atoms with Gasteiger partial charge in [-0.15, -0.1) is 0 Å². The van der Waals surface area contributed by atoms with Crippen molar-refractivity contribution in [3.05, 3.63) is 59.4 Å². The third-order valence-electron chi connectivity index (χ3n) is 5.40. The molecule has 1 atom stereocenters. The Kier molecular flexibility index (Phi) is 5.29. The first-order valence-corrected chi connectivity index (χ1v) is 9.72. The molecule has 0 bridgehead atoms. The maximum absolute atomic E-state index is 12.8. The maximum atomic E-state index is 12.8. The van der Waals surface area contributed by atoms with Gasteiger partial charge in [-0.1, -0.05) is 11.2 Å². The van der Waals surface area contributed by atoms with Crippen LogP contribution in [0.4, 0.5) is 0 Å². The van der Waals surface area contributed by atoms with E-state index in [1.165, 1.54) is 0 Å². The first kappa shape index (κ1) is 19.1. The molecule has 1 aromatic carbocycles. The number of aryl methyl sites for hydroxylation is 2. The number of aromatic nitrogens is 3. The van der Waals surface area contributed by atoms with Crippen LogP contribution in [0.25, 0.3) is 11.3 Å². The molecule has 0 saturated carbocycles. The molecule has 1 unspecified atom stereocenters. The molecule has 1 aliphatic rings. The van der Waals surface area contributed by atoms with Crippen molar-refractivity contribution in [3.63, 3.8) is 0 Å². The van der Waals surface area contributed by atoms with Crippen LogP contribution in [0.2, 0.25) is 0 Å². The summed E-state index contributed by atoms with van der Waals surface area (Å²) in [5, 5.41) is 4.01. The van der Waals surface area contributed by atoms with E-state index in [9.17, 15) is 4.79 Å². The van der Waals surface area contributed by atoms with Crippen LogP contribution in [0, 0.1) is 19.8 Å². The van der Waals surface area contributed by atoms with E-state index in [1.807, 2.05) is 43.0 Å². The number of hydrogen-bond acceptors (Lipinski definition) is 6. The van der Waals surface area contributed by atoms with Crippen LogP contribution in [0.15, 0.2) is 41.2 Å². The quantitative estimate of drug-likeness (QED) is 0.661. The summed E-state index contributed by atoms with van der Waals surface area (Å²) in [4.78, 5) is 23.6. The number of hydrogen-bond donors (Lipinski definition) is 0. The monoisotopic (exact) mass is 392 g/mol. The van der Waals surface area contributed by atoms with Crippen molar-refractivity contribution >= 4 is 5.91 Å². The van der Waals surface area contributed by atoms with E-state index in [-0.39, 0.29) is 5.91 Å². The van der Waals surface area contributed by atoms with Crippen LogP contribution in [0.5, 0.6) is 5.75 Å². The van der Waals surface area contributed by atoms with Gasteiger partial charge >= 0.3 is 0 Å². The van der Waals surface area contributed by atoms with Crippen LogP contribution in [-0.2, 0) is 6.42 Å². The molecule has 7 heteroatoms. The molecule has 0 radical (unpaired) electrons. The first-order chi connectivity index (χ1) is 14.0. The standard InChI is InChI=1S/C22H24N4O3/c1-14-21(15(2)29-25-14)20-11-18(23-13-24-20)9-16-7-8-26(12-16)22(27)17-5-4-6-19(10-17)28-3/h4-6,10-11,13,16H,7-9,12H2,1-3H3. The number of nitrogens with zero attached hydrogens (tertiary/aromatic N) is 4. The van der Waals surface area contributed by atoms with Gasteiger partial charge in [-0.05, 0) is 56.9 Å². The molecular formula is C22H24N4O3. The van der Waals surface area contributed by atoms with Crippen LogP contribution >= 0.6 is 0 Å². The zero-order valence-electron chi connectivity index (χ0n) is 16.9. The second kappa shape index (κ2) is 8.03. The van der Waals surface area contributed by atoms with Gasteiger partial charge in [0, 0.05) is 24.3 Å². The van der Waals surface area contributed by atoms with E-state index >= 15 is 0 Å². The molecule has 4 rings (SSSR count). The maximum Gasteiger partial charge on any atom is 0.253 e. The van der Waals surface area contributed by atoms with E-state index in [0.29, 0.717) is 17.2 Å². The topological polar surface area (TPSA) is 81.4 Å². The summed E-state index contributed by atoms with van der Waals surface area (Å²) < 4.78 is 10.5. The average Bonchev–Trinajstić information content (AvgIpc) is 3.34. The fourth-order valence-electron chi connectivity index (χ4n) is 3.91. The molecule has 1 aliphatic heterocycles. The van der Waals surface area contributed by atoms with Crippen LogP contribution < -0.4 is 4.74 Å². The number of benzene rings is 1. The molecular weight excluding hydrogens is 368 g/mol. The Morgan fingerprint density at radius 3 is 2.90 bits per heavy atom. The van der Waals surface area contributed by atoms with Crippen molar-refractivity contribution in [2.24, 2.45) is 5.92 Å². The number of rotatable bonds is 5. The van der Waals surface area contributed by atoms with Crippen LogP contribution in [-0.4, -0.2) is 46.1 Å². The minimum absolute atomic E-state index is 0.0468. The predicted octanol–water partition coefficient (Wildman–Crippen LogP) is 3.46. The summed E-state index contributed by atoms with van der Waals surface area (Å²) in [6, 6.07) is 9.31. The Morgan fingerprint density at radius 1 is 1.28 bits per heavy atom. The van der Waals surface area contributed by atoms with Crippen molar-refractivity contribution in [1.82, 2.24) is 20.0 Å². The molecule has 29 heavy (non-hydrogen) atoms. The fraction of sp³-hybridized carbons (Fsp3) is 0.364. The van der Waals surface area contributed by atoms with Crippen LogP contribution in [0.3, 0.4) is 0 Å². The van der Waals surface area contributed by atoms with Gasteiger partial charge in [-0.3, -0.25) is 4.79 Å². The second-order valence-corrected chi connectivity index (χ2v) is 7.44. The number of ether oxygens (including phenoxy) is 1. The molecule has 1 amide bonds. The largest absolute Gasteiger partial charge is 0.497 e. The highest BCUT2D eigenvalue weighted by Crippen LogP contribution is 2.27. The van der Waals surface area contributed by atoms with Crippen molar-refractivity contribution in [3.8, 4) is 17.0 Å². The van der Waals surface area contributed by atoms with Gasteiger partial charge in [0.2, 0.25) is 0 Å². The smallest absolute Gasteiger partial charge is 0.253 e. The van der Waals surface area contributed by atoms with Gasteiger partial charge in [0.1, 0.15) is 17.8 Å². The number of methoxy groups -OCH3 is 1. The Morgan fingerprint density at radius 2 is 2.14 bits per heavy atom. The van der Waals surface area contributed by atoms with Crippen molar-refractivity contribution in [2.75, 3.05) is 20.2 Å². The summed E-state index contributed by atoms with van der Waals surface area (Å²) in [5.74, 6) is 1.87. The van der Waals surface area contributed by atoms with Gasteiger partial charge in [0.15, 0.2) is 0 Å². The molecule has 2 aromatic heterocycles. The van der Waals surface area contributed by atoms with E-state index < -0.39 is 0 Å². The lowest BCUT2D eigenvalue weighted by molar-refractivity contribution is 0.0786. The summed E-state index contributed by atoms with van der Waals surface area (Å²) in [6.07, 6.45) is 3.35. The summed E-state index contributed by atoms with van der Waals surface area (Å²) in [5.41, 5.74) is 4.20. The Balaban J connectivity index is 1.44. The molecule has 150 valence electrons. The molecule has 3 aromatic rings. The van der Waals surface area contributed by atoms with Crippen molar-refractivity contribution < 1.29 is 14.1 Å². The van der Waals surface area contributed by atoms with Gasteiger partial charge < -0.3 is 14.2 Å². The van der Waals surface area contributed by atoms with E-state index in [0.717, 1.165) is 54.3 Å². The molecule has 0 N–H and O–H groups in total.